The van der Waals surface area contributed by atoms with E-state index in [-0.39, 0.29) is 5.91 Å². The number of hydrogen-bond donors (Lipinski definition) is 0. The molecule has 2 fully saturated rings. The van der Waals surface area contributed by atoms with E-state index < -0.39 is 0 Å². The summed E-state index contributed by atoms with van der Waals surface area (Å²) in [6.07, 6.45) is 8.26. The standard InChI is InChI=1S/C20H27N3O/c1-21-15-18(17-9-3-4-10-19(17)21)20(24)23-13-7-8-16(23)14-22-11-5-2-6-12-22/h3-4,9-10,15-16H,2,5-8,11-14H2,1H3. The van der Waals surface area contributed by atoms with Crippen LogP contribution < -0.4 is 0 Å². The van der Waals surface area contributed by atoms with Crippen molar-refractivity contribution in [2.45, 2.75) is 38.1 Å². The van der Waals surface area contributed by atoms with E-state index in [4.69, 9.17) is 0 Å². The van der Waals surface area contributed by atoms with Crippen LogP contribution in [0.15, 0.2) is 30.5 Å². The summed E-state index contributed by atoms with van der Waals surface area (Å²) in [4.78, 5) is 17.9. The van der Waals surface area contributed by atoms with Crippen LogP contribution >= 0.6 is 0 Å². The third-order valence-corrected chi connectivity index (χ3v) is 5.68. The van der Waals surface area contributed by atoms with E-state index in [0.717, 1.165) is 42.4 Å². The molecule has 0 bridgehead atoms. The fraction of sp³-hybridized carbons (Fsp3) is 0.550. The van der Waals surface area contributed by atoms with Gasteiger partial charge in [-0.25, -0.2) is 0 Å². The molecule has 1 atom stereocenters. The largest absolute Gasteiger partial charge is 0.350 e. The van der Waals surface area contributed by atoms with Crippen molar-refractivity contribution >= 4 is 16.8 Å². The number of fused-ring (bicyclic) bond motifs is 1. The minimum atomic E-state index is 0.214. The molecule has 1 unspecified atom stereocenters. The number of aromatic nitrogens is 1. The molecule has 24 heavy (non-hydrogen) atoms. The second kappa shape index (κ2) is 6.60. The molecule has 1 aromatic carbocycles. The minimum absolute atomic E-state index is 0.214. The van der Waals surface area contributed by atoms with Gasteiger partial charge in [-0.2, -0.15) is 0 Å². The zero-order valence-corrected chi connectivity index (χ0v) is 14.6. The summed E-state index contributed by atoms with van der Waals surface area (Å²) in [5.74, 6) is 0.214. The third-order valence-electron chi connectivity index (χ3n) is 5.68. The lowest BCUT2D eigenvalue weighted by Gasteiger charge is -2.33. The van der Waals surface area contributed by atoms with Crippen molar-refractivity contribution in [3.05, 3.63) is 36.0 Å². The second-order valence-electron chi connectivity index (χ2n) is 7.33. The summed E-state index contributed by atoms with van der Waals surface area (Å²) in [6.45, 7) is 4.36. The van der Waals surface area contributed by atoms with Crippen LogP contribution in [0.4, 0.5) is 0 Å². The molecule has 1 amide bonds. The molecule has 0 N–H and O–H groups in total. The molecule has 0 saturated carbocycles. The number of carbonyl (C=O) groups is 1. The molecule has 2 aromatic rings. The number of rotatable bonds is 3. The highest BCUT2D eigenvalue weighted by Crippen LogP contribution is 2.26. The van der Waals surface area contributed by atoms with E-state index in [1.165, 1.54) is 32.4 Å². The highest BCUT2D eigenvalue weighted by molar-refractivity contribution is 6.07. The molecule has 0 spiro atoms. The quantitative estimate of drug-likeness (QED) is 0.866. The van der Waals surface area contributed by atoms with E-state index in [2.05, 4.69) is 26.5 Å². The summed E-state index contributed by atoms with van der Waals surface area (Å²) in [7, 11) is 2.02. The van der Waals surface area contributed by atoms with Gasteiger partial charge in [-0.3, -0.25) is 4.79 Å². The fourth-order valence-corrected chi connectivity index (χ4v) is 4.40. The Kier molecular flexibility index (Phi) is 4.31. The van der Waals surface area contributed by atoms with Crippen molar-refractivity contribution in [2.24, 2.45) is 7.05 Å². The highest BCUT2D eigenvalue weighted by atomic mass is 16.2. The van der Waals surface area contributed by atoms with Crippen LogP contribution in [0.25, 0.3) is 10.9 Å². The molecular weight excluding hydrogens is 298 g/mol. The van der Waals surface area contributed by atoms with Crippen LogP contribution in [-0.2, 0) is 7.05 Å². The highest BCUT2D eigenvalue weighted by Gasteiger charge is 2.32. The van der Waals surface area contributed by atoms with Crippen molar-refractivity contribution in [1.82, 2.24) is 14.4 Å². The first-order chi connectivity index (χ1) is 11.7. The van der Waals surface area contributed by atoms with E-state index in [1.54, 1.807) is 0 Å². The van der Waals surface area contributed by atoms with Gasteiger partial charge in [-0.15, -0.1) is 0 Å². The van der Waals surface area contributed by atoms with Crippen LogP contribution in [0.1, 0.15) is 42.5 Å². The normalized spacial score (nSPS) is 22.4. The maximum absolute atomic E-state index is 13.2. The number of aryl methyl sites for hydroxylation is 1. The van der Waals surface area contributed by atoms with E-state index >= 15 is 0 Å². The SMILES string of the molecule is Cn1cc(C(=O)N2CCCC2CN2CCCCC2)c2ccccc21. The summed E-state index contributed by atoms with van der Waals surface area (Å²) < 4.78 is 2.07. The first-order valence-corrected chi connectivity index (χ1v) is 9.31. The lowest BCUT2D eigenvalue weighted by Crippen LogP contribution is -2.44. The number of piperidine rings is 1. The van der Waals surface area contributed by atoms with Gasteiger partial charge in [-0.1, -0.05) is 24.6 Å². The second-order valence-corrected chi connectivity index (χ2v) is 7.33. The van der Waals surface area contributed by atoms with Crippen LogP contribution in [0.2, 0.25) is 0 Å². The minimum Gasteiger partial charge on any atom is -0.350 e. The summed E-state index contributed by atoms with van der Waals surface area (Å²) in [5.41, 5.74) is 1.99. The number of amides is 1. The Morgan fingerprint density at radius 1 is 1.08 bits per heavy atom. The number of likely N-dealkylation sites (tertiary alicyclic amines) is 2. The van der Waals surface area contributed by atoms with Gasteiger partial charge in [0, 0.05) is 43.3 Å². The zero-order chi connectivity index (χ0) is 16.5. The number of carbonyl (C=O) groups excluding carboxylic acids is 1. The maximum atomic E-state index is 13.2. The molecular formula is C20H27N3O. The van der Waals surface area contributed by atoms with Crippen LogP contribution in [0, 0.1) is 0 Å². The Morgan fingerprint density at radius 3 is 2.71 bits per heavy atom. The lowest BCUT2D eigenvalue weighted by molar-refractivity contribution is 0.0692. The molecule has 2 aliphatic rings. The van der Waals surface area contributed by atoms with Gasteiger partial charge in [0.15, 0.2) is 0 Å². The van der Waals surface area contributed by atoms with E-state index in [9.17, 15) is 4.79 Å². The van der Waals surface area contributed by atoms with Gasteiger partial charge in [-0.05, 0) is 44.8 Å². The number of nitrogens with zero attached hydrogens (tertiary/aromatic N) is 3. The van der Waals surface area contributed by atoms with Gasteiger partial charge in [0.05, 0.1) is 5.56 Å². The number of hydrogen-bond acceptors (Lipinski definition) is 2. The van der Waals surface area contributed by atoms with Gasteiger partial charge >= 0.3 is 0 Å². The molecule has 0 radical (unpaired) electrons. The molecule has 3 heterocycles. The average Bonchev–Trinajstić information content (AvgIpc) is 3.20. The Hall–Kier alpha value is -1.81. The van der Waals surface area contributed by atoms with Crippen molar-refractivity contribution in [2.75, 3.05) is 26.2 Å². The first kappa shape index (κ1) is 15.7. The third kappa shape index (κ3) is 2.84. The Balaban J connectivity index is 1.55. The van der Waals surface area contributed by atoms with Gasteiger partial charge in [0.1, 0.15) is 0 Å². The van der Waals surface area contributed by atoms with Crippen LogP contribution in [0.5, 0.6) is 0 Å². The predicted molar refractivity (Wildman–Crippen MR) is 97.3 cm³/mol. The maximum Gasteiger partial charge on any atom is 0.256 e. The summed E-state index contributed by atoms with van der Waals surface area (Å²) in [5, 5.41) is 1.08. The molecule has 0 aliphatic carbocycles. The van der Waals surface area contributed by atoms with E-state index in [0.29, 0.717) is 6.04 Å². The molecule has 4 heteroatoms. The average molecular weight is 325 g/mol. The Morgan fingerprint density at radius 2 is 1.88 bits per heavy atom. The zero-order valence-electron chi connectivity index (χ0n) is 14.6. The monoisotopic (exact) mass is 325 g/mol. The van der Waals surface area contributed by atoms with E-state index in [1.807, 2.05) is 25.4 Å². The molecule has 4 nitrogen and oxygen atoms in total. The van der Waals surface area contributed by atoms with Crippen molar-refractivity contribution in [1.29, 1.82) is 0 Å². The van der Waals surface area contributed by atoms with Gasteiger partial charge in [0.2, 0.25) is 0 Å². The van der Waals surface area contributed by atoms with Crippen LogP contribution in [-0.4, -0.2) is 52.5 Å². The first-order valence-electron chi connectivity index (χ1n) is 9.31. The smallest absolute Gasteiger partial charge is 0.256 e. The van der Waals surface area contributed by atoms with Gasteiger partial charge < -0.3 is 14.4 Å². The topological polar surface area (TPSA) is 28.5 Å². The summed E-state index contributed by atoms with van der Waals surface area (Å²) >= 11 is 0. The Bertz CT molecular complexity index is 730. The predicted octanol–water partition coefficient (Wildman–Crippen LogP) is 3.27. The number of benzene rings is 1. The molecule has 1 aromatic heterocycles. The molecule has 4 rings (SSSR count). The van der Waals surface area contributed by atoms with Crippen molar-refractivity contribution in [3.63, 3.8) is 0 Å². The number of para-hydroxylation sites is 1. The molecule has 2 aliphatic heterocycles. The molecule has 128 valence electrons. The van der Waals surface area contributed by atoms with Crippen LogP contribution in [0.3, 0.4) is 0 Å². The molecule has 2 saturated heterocycles. The Labute approximate surface area is 144 Å². The lowest BCUT2D eigenvalue weighted by atomic mass is 10.1. The van der Waals surface area contributed by atoms with Crippen molar-refractivity contribution in [3.8, 4) is 0 Å². The summed E-state index contributed by atoms with van der Waals surface area (Å²) in [6, 6.07) is 8.59. The van der Waals surface area contributed by atoms with Gasteiger partial charge in [0.25, 0.3) is 5.91 Å². The fourth-order valence-electron chi connectivity index (χ4n) is 4.40. The van der Waals surface area contributed by atoms with Crippen molar-refractivity contribution < 1.29 is 4.79 Å².